The van der Waals surface area contributed by atoms with Crippen LogP contribution in [0.2, 0.25) is 5.02 Å². The zero-order valence-corrected chi connectivity index (χ0v) is 8.81. The number of hydrogen-bond donors (Lipinski definition) is 2. The highest BCUT2D eigenvalue weighted by atomic mass is 35.5. The summed E-state index contributed by atoms with van der Waals surface area (Å²) in [6, 6.07) is 1.44. The van der Waals surface area contributed by atoms with Crippen LogP contribution in [0.4, 0.5) is 4.39 Å². The van der Waals surface area contributed by atoms with Gasteiger partial charge in [-0.3, -0.25) is 4.79 Å². The molecule has 0 saturated heterocycles. The van der Waals surface area contributed by atoms with Gasteiger partial charge in [0.15, 0.2) is 11.6 Å². The van der Waals surface area contributed by atoms with Gasteiger partial charge in [-0.05, 0) is 24.5 Å². The number of carbonyl (C=O) groups is 1. The third-order valence-corrected chi connectivity index (χ3v) is 2.52. The summed E-state index contributed by atoms with van der Waals surface area (Å²) in [6.45, 7) is 1.62. The Morgan fingerprint density at radius 3 is 2.73 bits per heavy atom. The molecule has 0 aromatic heterocycles. The molecular weight excluding hydrogens is 223 g/mol. The van der Waals surface area contributed by atoms with Crippen LogP contribution in [0.1, 0.15) is 17.5 Å². The number of rotatable bonds is 3. The summed E-state index contributed by atoms with van der Waals surface area (Å²) < 4.78 is 13.4. The van der Waals surface area contributed by atoms with E-state index in [1.807, 2.05) is 0 Å². The standard InChI is InChI=1S/C10H10ClFO3/c1-5-4-6(2-3-7(13)14)9(12)10(15)8(5)11/h4,15H,2-3H2,1H3,(H,13,14). The van der Waals surface area contributed by atoms with E-state index in [0.717, 1.165) is 0 Å². The van der Waals surface area contributed by atoms with Crippen LogP contribution in [0, 0.1) is 12.7 Å². The third-order valence-electron chi connectivity index (χ3n) is 2.04. The van der Waals surface area contributed by atoms with Gasteiger partial charge < -0.3 is 10.2 Å². The lowest BCUT2D eigenvalue weighted by Crippen LogP contribution is -2.00. The van der Waals surface area contributed by atoms with Crippen molar-refractivity contribution in [3.63, 3.8) is 0 Å². The van der Waals surface area contributed by atoms with E-state index in [-0.39, 0.29) is 23.4 Å². The SMILES string of the molecule is Cc1cc(CCC(=O)O)c(F)c(O)c1Cl. The van der Waals surface area contributed by atoms with Crippen molar-refractivity contribution in [2.24, 2.45) is 0 Å². The molecule has 15 heavy (non-hydrogen) atoms. The van der Waals surface area contributed by atoms with E-state index < -0.39 is 17.5 Å². The first-order valence-electron chi connectivity index (χ1n) is 4.31. The van der Waals surface area contributed by atoms with Crippen LogP contribution < -0.4 is 0 Å². The van der Waals surface area contributed by atoms with Crippen LogP contribution in [0.25, 0.3) is 0 Å². The van der Waals surface area contributed by atoms with Gasteiger partial charge in [0.1, 0.15) is 0 Å². The van der Waals surface area contributed by atoms with E-state index in [2.05, 4.69) is 0 Å². The highest BCUT2D eigenvalue weighted by Crippen LogP contribution is 2.32. The molecule has 0 atom stereocenters. The average Bonchev–Trinajstić information content (AvgIpc) is 2.18. The summed E-state index contributed by atoms with van der Waals surface area (Å²) in [7, 11) is 0. The predicted octanol–water partition coefficient (Wildman–Crippen LogP) is 2.51. The summed E-state index contributed by atoms with van der Waals surface area (Å²) in [6.07, 6.45) is -0.149. The molecule has 1 aromatic carbocycles. The maximum Gasteiger partial charge on any atom is 0.303 e. The summed E-state index contributed by atoms with van der Waals surface area (Å²) in [4.78, 5) is 10.3. The van der Waals surface area contributed by atoms with Crippen LogP contribution in [0.15, 0.2) is 6.07 Å². The Hall–Kier alpha value is -1.29. The molecule has 5 heteroatoms. The molecule has 0 saturated carbocycles. The van der Waals surface area contributed by atoms with Gasteiger partial charge in [-0.25, -0.2) is 4.39 Å². The van der Waals surface area contributed by atoms with Crippen LogP contribution in [0.3, 0.4) is 0 Å². The van der Waals surface area contributed by atoms with Gasteiger partial charge in [-0.15, -0.1) is 0 Å². The molecular formula is C10H10ClFO3. The van der Waals surface area contributed by atoms with Crippen LogP contribution in [-0.4, -0.2) is 16.2 Å². The lowest BCUT2D eigenvalue weighted by molar-refractivity contribution is -0.136. The van der Waals surface area contributed by atoms with Gasteiger partial charge in [-0.1, -0.05) is 17.7 Å². The highest BCUT2D eigenvalue weighted by Gasteiger charge is 2.14. The first-order valence-corrected chi connectivity index (χ1v) is 4.69. The summed E-state index contributed by atoms with van der Waals surface area (Å²) in [5.74, 6) is -2.47. The molecule has 0 heterocycles. The maximum atomic E-state index is 13.4. The molecule has 0 spiro atoms. The second-order valence-electron chi connectivity index (χ2n) is 3.22. The number of phenols is 1. The first kappa shape index (κ1) is 11.8. The van der Waals surface area contributed by atoms with E-state index in [9.17, 15) is 14.3 Å². The van der Waals surface area contributed by atoms with Gasteiger partial charge in [0, 0.05) is 6.42 Å². The second kappa shape index (κ2) is 4.49. The van der Waals surface area contributed by atoms with Crippen LogP contribution in [0.5, 0.6) is 5.75 Å². The Labute approximate surface area is 91.1 Å². The monoisotopic (exact) mass is 232 g/mol. The molecule has 1 aromatic rings. The first-order chi connectivity index (χ1) is 6.93. The smallest absolute Gasteiger partial charge is 0.303 e. The van der Waals surface area contributed by atoms with Gasteiger partial charge in [0.2, 0.25) is 0 Å². The number of aliphatic carboxylic acids is 1. The molecule has 0 aliphatic rings. The summed E-state index contributed by atoms with van der Waals surface area (Å²) >= 11 is 5.61. The Bertz CT molecular complexity index is 404. The van der Waals surface area contributed by atoms with Crippen LogP contribution in [-0.2, 0) is 11.2 Å². The van der Waals surface area contributed by atoms with Crippen molar-refractivity contribution < 1.29 is 19.4 Å². The molecule has 0 aliphatic carbocycles. The molecule has 0 bridgehead atoms. The number of aryl methyl sites for hydroxylation is 2. The Kier molecular flexibility index (Phi) is 3.52. The Morgan fingerprint density at radius 2 is 2.20 bits per heavy atom. The molecule has 3 nitrogen and oxygen atoms in total. The van der Waals surface area contributed by atoms with Gasteiger partial charge in [0.05, 0.1) is 5.02 Å². The van der Waals surface area contributed by atoms with E-state index in [1.54, 1.807) is 6.92 Å². The zero-order valence-electron chi connectivity index (χ0n) is 8.05. The minimum Gasteiger partial charge on any atom is -0.504 e. The number of phenolic OH excluding ortho intramolecular Hbond substituents is 1. The number of benzene rings is 1. The molecule has 1 rings (SSSR count). The fourth-order valence-corrected chi connectivity index (χ4v) is 1.38. The third kappa shape index (κ3) is 2.59. The lowest BCUT2D eigenvalue weighted by Gasteiger charge is -2.07. The van der Waals surface area contributed by atoms with Crippen molar-refractivity contribution in [2.75, 3.05) is 0 Å². The van der Waals surface area contributed by atoms with Crippen molar-refractivity contribution >= 4 is 17.6 Å². The normalized spacial score (nSPS) is 10.3. The Balaban J connectivity index is 3.04. The van der Waals surface area contributed by atoms with Crippen molar-refractivity contribution in [1.82, 2.24) is 0 Å². The van der Waals surface area contributed by atoms with Gasteiger partial charge >= 0.3 is 5.97 Å². The molecule has 0 radical (unpaired) electrons. The predicted molar refractivity (Wildman–Crippen MR) is 53.8 cm³/mol. The summed E-state index contributed by atoms with van der Waals surface area (Å²) in [5.41, 5.74) is 0.688. The minimum atomic E-state index is -1.01. The second-order valence-corrected chi connectivity index (χ2v) is 3.60. The molecule has 0 unspecified atom stereocenters. The molecule has 2 N–H and O–H groups in total. The van der Waals surface area contributed by atoms with Crippen LogP contribution >= 0.6 is 11.6 Å². The summed E-state index contributed by atoms with van der Waals surface area (Å²) in [5, 5.41) is 17.7. The molecule has 0 amide bonds. The Morgan fingerprint density at radius 1 is 1.60 bits per heavy atom. The largest absolute Gasteiger partial charge is 0.504 e. The van der Waals surface area contributed by atoms with E-state index >= 15 is 0 Å². The van der Waals surface area contributed by atoms with Crippen molar-refractivity contribution in [2.45, 2.75) is 19.8 Å². The minimum absolute atomic E-state index is 0.0345. The van der Waals surface area contributed by atoms with Crippen molar-refractivity contribution in [1.29, 1.82) is 0 Å². The fourth-order valence-electron chi connectivity index (χ4n) is 1.25. The van der Waals surface area contributed by atoms with E-state index in [4.69, 9.17) is 16.7 Å². The van der Waals surface area contributed by atoms with Gasteiger partial charge in [-0.2, -0.15) is 0 Å². The molecule has 0 aliphatic heterocycles. The molecule has 82 valence electrons. The number of hydrogen-bond acceptors (Lipinski definition) is 2. The van der Waals surface area contributed by atoms with Gasteiger partial charge in [0.25, 0.3) is 0 Å². The zero-order chi connectivity index (χ0) is 11.6. The lowest BCUT2D eigenvalue weighted by atomic mass is 10.1. The highest BCUT2D eigenvalue weighted by molar-refractivity contribution is 6.32. The van der Waals surface area contributed by atoms with E-state index in [1.165, 1.54) is 6.07 Å². The van der Waals surface area contributed by atoms with Crippen molar-refractivity contribution in [3.05, 3.63) is 28.0 Å². The molecule has 0 fully saturated rings. The van der Waals surface area contributed by atoms with E-state index in [0.29, 0.717) is 5.56 Å². The number of carboxylic acid groups (broad SMARTS) is 1. The number of carboxylic acids is 1. The average molecular weight is 233 g/mol. The number of aromatic hydroxyl groups is 1. The number of halogens is 2. The van der Waals surface area contributed by atoms with Crippen molar-refractivity contribution in [3.8, 4) is 5.75 Å². The maximum absolute atomic E-state index is 13.4. The quantitative estimate of drug-likeness (QED) is 0.842. The topological polar surface area (TPSA) is 57.5 Å². The fraction of sp³-hybridized carbons (Fsp3) is 0.300.